The molecule has 0 bridgehead atoms. The molecule has 3 N–H and O–H groups in total. The van der Waals surface area contributed by atoms with Gasteiger partial charge in [0.1, 0.15) is 34.1 Å². The molecule has 2 aromatic rings. The minimum atomic E-state index is -1.13. The predicted molar refractivity (Wildman–Crippen MR) is 126 cm³/mol. The third-order valence-corrected chi connectivity index (χ3v) is 5.83. The molecule has 2 aromatic carbocycles. The molecule has 0 fully saturated rings. The van der Waals surface area contributed by atoms with E-state index >= 15 is 0 Å². The average Bonchev–Trinajstić information content (AvgIpc) is 2.76. The molecule has 0 aliphatic rings. The number of unbranched alkanes of at least 4 members (excludes halogenated alkanes) is 4. The van der Waals surface area contributed by atoms with Crippen LogP contribution in [0.25, 0.3) is 0 Å². The Morgan fingerprint density at radius 3 is 2.12 bits per heavy atom. The van der Waals surface area contributed by atoms with Gasteiger partial charge < -0.3 is 24.8 Å². The van der Waals surface area contributed by atoms with Crippen LogP contribution in [0.15, 0.2) is 18.2 Å². The van der Waals surface area contributed by atoms with Gasteiger partial charge in [0.15, 0.2) is 0 Å². The summed E-state index contributed by atoms with van der Waals surface area (Å²) in [6.07, 6.45) is 6.06. The summed E-state index contributed by atoms with van der Waals surface area (Å²) in [4.78, 5) is 24.9. The molecule has 0 aliphatic heterocycles. The summed E-state index contributed by atoms with van der Waals surface area (Å²) < 4.78 is 10.8. The molecular weight excluding hydrogens is 448 g/mol. The number of carbonyl (C=O) groups is 2. The molecule has 0 radical (unpaired) electrons. The van der Waals surface area contributed by atoms with E-state index in [0.29, 0.717) is 30.4 Å². The molecule has 0 aliphatic carbocycles. The number of hydrogen-bond acceptors (Lipinski definition) is 6. The molecular formula is C25H31ClO7. The molecule has 33 heavy (non-hydrogen) atoms. The van der Waals surface area contributed by atoms with Gasteiger partial charge in [-0.3, -0.25) is 0 Å². The van der Waals surface area contributed by atoms with Gasteiger partial charge in [-0.15, -0.1) is 0 Å². The Morgan fingerprint density at radius 1 is 0.909 bits per heavy atom. The van der Waals surface area contributed by atoms with Crippen LogP contribution in [0, 0.1) is 0 Å². The monoisotopic (exact) mass is 478 g/mol. The van der Waals surface area contributed by atoms with Crippen molar-refractivity contribution in [2.24, 2.45) is 0 Å². The van der Waals surface area contributed by atoms with Gasteiger partial charge >= 0.3 is 11.9 Å². The van der Waals surface area contributed by atoms with Crippen LogP contribution in [0.5, 0.6) is 23.0 Å². The van der Waals surface area contributed by atoms with E-state index < -0.39 is 17.7 Å². The number of esters is 1. The molecule has 0 atom stereocenters. The van der Waals surface area contributed by atoms with Crippen LogP contribution in [0.4, 0.5) is 0 Å². The van der Waals surface area contributed by atoms with Crippen LogP contribution >= 0.6 is 11.6 Å². The maximum absolute atomic E-state index is 13.1. The van der Waals surface area contributed by atoms with Crippen molar-refractivity contribution in [3.63, 3.8) is 0 Å². The van der Waals surface area contributed by atoms with E-state index in [0.717, 1.165) is 38.2 Å². The summed E-state index contributed by atoms with van der Waals surface area (Å²) >= 11 is 6.24. The van der Waals surface area contributed by atoms with Crippen LogP contribution in [0.2, 0.25) is 5.02 Å². The van der Waals surface area contributed by atoms with Crippen LogP contribution in [0.1, 0.15) is 84.2 Å². The summed E-state index contributed by atoms with van der Waals surface area (Å²) in [6.45, 7) is 4.08. The zero-order valence-corrected chi connectivity index (χ0v) is 20.0. The molecule has 0 saturated carbocycles. The highest BCUT2D eigenvalue weighted by atomic mass is 35.5. The second kappa shape index (κ2) is 12.3. The molecule has 0 heterocycles. The minimum absolute atomic E-state index is 0.00471. The fraction of sp³-hybridized carbons (Fsp3) is 0.440. The largest absolute Gasteiger partial charge is 0.507 e. The van der Waals surface area contributed by atoms with E-state index in [2.05, 4.69) is 0 Å². The average molecular weight is 479 g/mol. The second-order valence-electron chi connectivity index (χ2n) is 7.85. The van der Waals surface area contributed by atoms with E-state index in [1.807, 2.05) is 13.8 Å². The SMILES string of the molecule is CCCCCc1cc(OC(=O)c2c(O)cc(O)c(Cl)c2CCCCC)cc(OC)c1C(=O)O. The Hall–Kier alpha value is -2.93. The van der Waals surface area contributed by atoms with Gasteiger partial charge in [0.05, 0.1) is 12.1 Å². The number of carboxylic acids is 1. The lowest BCUT2D eigenvalue weighted by atomic mass is 9.99. The number of methoxy groups -OCH3 is 1. The Bertz CT molecular complexity index is 1000. The summed E-state index contributed by atoms with van der Waals surface area (Å²) in [5, 5.41) is 30.1. The van der Waals surface area contributed by atoms with Crippen molar-refractivity contribution < 1.29 is 34.4 Å². The number of rotatable bonds is 12. The number of aromatic carboxylic acids is 1. The lowest BCUT2D eigenvalue weighted by molar-refractivity contribution is 0.0691. The molecule has 0 amide bonds. The smallest absolute Gasteiger partial charge is 0.347 e. The van der Waals surface area contributed by atoms with Crippen LogP contribution in [-0.4, -0.2) is 34.4 Å². The van der Waals surface area contributed by atoms with E-state index in [4.69, 9.17) is 21.1 Å². The minimum Gasteiger partial charge on any atom is -0.507 e. The number of carboxylic acid groups (broad SMARTS) is 1. The van der Waals surface area contributed by atoms with Gasteiger partial charge in [0, 0.05) is 12.1 Å². The number of ether oxygens (including phenoxy) is 2. The van der Waals surface area contributed by atoms with Gasteiger partial charge in [0.2, 0.25) is 0 Å². The van der Waals surface area contributed by atoms with Gasteiger partial charge in [0.25, 0.3) is 0 Å². The Balaban J connectivity index is 2.46. The molecule has 0 aromatic heterocycles. The van der Waals surface area contributed by atoms with E-state index in [1.54, 1.807) is 0 Å². The zero-order chi connectivity index (χ0) is 24.5. The molecule has 180 valence electrons. The number of phenolic OH excluding ortho intramolecular Hbond substituents is 2. The van der Waals surface area contributed by atoms with Crippen LogP contribution in [-0.2, 0) is 12.8 Å². The Labute approximate surface area is 198 Å². The van der Waals surface area contributed by atoms with Crippen molar-refractivity contribution >= 4 is 23.5 Å². The summed E-state index contributed by atoms with van der Waals surface area (Å²) in [6, 6.07) is 3.85. The number of aryl methyl sites for hydroxylation is 1. The number of phenols is 2. The lowest BCUT2D eigenvalue weighted by Crippen LogP contribution is -2.14. The maximum atomic E-state index is 13.1. The zero-order valence-electron chi connectivity index (χ0n) is 19.2. The third kappa shape index (κ3) is 6.54. The number of hydrogen-bond donors (Lipinski definition) is 3. The third-order valence-electron chi connectivity index (χ3n) is 5.41. The topological polar surface area (TPSA) is 113 Å². The fourth-order valence-corrected chi connectivity index (χ4v) is 3.97. The molecule has 0 saturated heterocycles. The van der Waals surface area contributed by atoms with Gasteiger partial charge in [-0.05, 0) is 42.9 Å². The maximum Gasteiger partial charge on any atom is 0.347 e. The lowest BCUT2D eigenvalue weighted by Gasteiger charge is -2.16. The first-order valence-electron chi connectivity index (χ1n) is 11.1. The first-order chi connectivity index (χ1) is 15.7. The molecule has 8 heteroatoms. The quantitative estimate of drug-likeness (QED) is 0.190. The number of halogens is 1. The summed E-state index contributed by atoms with van der Waals surface area (Å²) in [5.41, 5.74) is 0.714. The fourth-order valence-electron chi connectivity index (χ4n) is 3.73. The molecule has 2 rings (SSSR count). The second-order valence-corrected chi connectivity index (χ2v) is 8.23. The summed E-state index contributed by atoms with van der Waals surface area (Å²) in [7, 11) is 1.35. The normalized spacial score (nSPS) is 10.8. The Morgan fingerprint density at radius 2 is 1.55 bits per heavy atom. The highest BCUT2D eigenvalue weighted by Gasteiger charge is 2.25. The number of benzene rings is 2. The summed E-state index contributed by atoms with van der Waals surface area (Å²) in [5.74, 6) is -2.57. The Kier molecular flexibility index (Phi) is 9.85. The van der Waals surface area contributed by atoms with Crippen molar-refractivity contribution in [1.82, 2.24) is 0 Å². The van der Waals surface area contributed by atoms with E-state index in [9.17, 15) is 24.9 Å². The highest BCUT2D eigenvalue weighted by molar-refractivity contribution is 6.33. The van der Waals surface area contributed by atoms with Gasteiger partial charge in [-0.1, -0.05) is 51.1 Å². The predicted octanol–water partition coefficient (Wildman–Crippen LogP) is 6.14. The van der Waals surface area contributed by atoms with Crippen LogP contribution < -0.4 is 9.47 Å². The van der Waals surface area contributed by atoms with Gasteiger partial charge in [-0.25, -0.2) is 9.59 Å². The molecule has 0 unspecified atom stereocenters. The standard InChI is InChI=1S/C25H31ClO7/c1-4-6-8-10-15-12-16(13-20(32-3)21(15)24(29)30)33-25(31)22-17(11-9-7-5-2)23(26)19(28)14-18(22)27/h12-14,27-28H,4-11H2,1-3H3,(H,29,30). The number of aromatic hydroxyl groups is 2. The van der Waals surface area contributed by atoms with Crippen molar-refractivity contribution in [3.05, 3.63) is 45.5 Å². The van der Waals surface area contributed by atoms with Crippen molar-refractivity contribution in [1.29, 1.82) is 0 Å². The molecule has 7 nitrogen and oxygen atoms in total. The van der Waals surface area contributed by atoms with Crippen molar-refractivity contribution in [3.8, 4) is 23.0 Å². The van der Waals surface area contributed by atoms with Crippen molar-refractivity contribution in [2.75, 3.05) is 7.11 Å². The first kappa shape index (κ1) is 26.3. The highest BCUT2D eigenvalue weighted by Crippen LogP contribution is 2.38. The van der Waals surface area contributed by atoms with E-state index in [-0.39, 0.29) is 33.4 Å². The van der Waals surface area contributed by atoms with Crippen molar-refractivity contribution in [2.45, 2.75) is 65.2 Å². The number of carbonyl (C=O) groups excluding carboxylic acids is 1. The van der Waals surface area contributed by atoms with E-state index in [1.165, 1.54) is 19.2 Å². The van der Waals surface area contributed by atoms with Crippen LogP contribution in [0.3, 0.4) is 0 Å². The first-order valence-corrected chi connectivity index (χ1v) is 11.5. The van der Waals surface area contributed by atoms with Gasteiger partial charge in [-0.2, -0.15) is 0 Å². The molecule has 0 spiro atoms.